The van der Waals surface area contributed by atoms with Crippen LogP contribution in [-0.4, -0.2) is 48.0 Å². The Morgan fingerprint density at radius 1 is 0.857 bits per heavy atom. The predicted molar refractivity (Wildman–Crippen MR) is 55.4 cm³/mol. The van der Waals surface area contributed by atoms with Crippen molar-refractivity contribution < 1.29 is 17.8 Å². The monoisotopic (exact) mass is 223 g/mol. The molecular weight excluding hydrogens is 202 g/mol. The molecule has 0 unspecified atom stereocenters. The predicted octanol–water partition coefficient (Wildman–Crippen LogP) is 1.02. The van der Waals surface area contributed by atoms with Crippen molar-refractivity contribution in [1.82, 2.24) is 5.06 Å². The molecule has 0 amide bonds. The zero-order chi connectivity index (χ0) is 11.0. The van der Waals surface area contributed by atoms with Gasteiger partial charge in [0.25, 0.3) is 0 Å². The second-order valence-corrected chi connectivity index (χ2v) is 4.75. The van der Waals surface area contributed by atoms with Crippen LogP contribution in [0.3, 0.4) is 0 Å². The maximum absolute atomic E-state index is 5.46. The summed E-state index contributed by atoms with van der Waals surface area (Å²) in [5.41, 5.74) is 0. The number of nitrogens with zero attached hydrogens (tertiary/aromatic N) is 1. The SMILES string of the molecule is CCO[Si](OCC)(OCC)ON(C)C. The minimum Gasteiger partial charge on any atom is -0.351 e. The normalized spacial score (nSPS) is 12.4. The minimum atomic E-state index is -2.93. The van der Waals surface area contributed by atoms with E-state index < -0.39 is 9.05 Å². The average molecular weight is 223 g/mol. The first-order valence-corrected chi connectivity index (χ1v) is 6.51. The molecule has 0 heterocycles. The van der Waals surface area contributed by atoms with E-state index in [9.17, 15) is 0 Å². The lowest BCUT2D eigenvalue weighted by atomic mass is 10.9. The van der Waals surface area contributed by atoms with E-state index in [0.29, 0.717) is 19.8 Å². The van der Waals surface area contributed by atoms with E-state index in [1.54, 1.807) is 19.2 Å². The van der Waals surface area contributed by atoms with E-state index in [1.165, 1.54) is 0 Å². The lowest BCUT2D eigenvalue weighted by molar-refractivity contribution is -0.136. The van der Waals surface area contributed by atoms with Crippen LogP contribution in [0.4, 0.5) is 0 Å². The maximum Gasteiger partial charge on any atom is 0.697 e. The van der Waals surface area contributed by atoms with Crippen LogP contribution in [0.5, 0.6) is 0 Å². The number of hydroxylamine groups is 2. The first-order valence-electron chi connectivity index (χ1n) is 4.88. The van der Waals surface area contributed by atoms with Gasteiger partial charge in [0.2, 0.25) is 0 Å². The molecule has 0 saturated carbocycles. The van der Waals surface area contributed by atoms with Crippen molar-refractivity contribution in [3.8, 4) is 0 Å². The zero-order valence-electron chi connectivity index (χ0n) is 9.70. The lowest BCUT2D eigenvalue weighted by Gasteiger charge is -2.28. The molecule has 0 aromatic rings. The Bertz CT molecular complexity index is 128. The van der Waals surface area contributed by atoms with Crippen molar-refractivity contribution in [2.24, 2.45) is 0 Å². The number of hydrogen-bond donors (Lipinski definition) is 0. The van der Waals surface area contributed by atoms with Crippen molar-refractivity contribution in [3.05, 3.63) is 0 Å². The lowest BCUT2D eigenvalue weighted by Crippen LogP contribution is -2.52. The van der Waals surface area contributed by atoms with Gasteiger partial charge < -0.3 is 13.3 Å². The summed E-state index contributed by atoms with van der Waals surface area (Å²) in [6.45, 7) is 7.20. The Labute approximate surface area is 87.3 Å². The summed E-state index contributed by atoms with van der Waals surface area (Å²) in [6.07, 6.45) is 0. The second-order valence-electron chi connectivity index (χ2n) is 2.70. The molecule has 0 aliphatic rings. The van der Waals surface area contributed by atoms with Crippen molar-refractivity contribution in [1.29, 1.82) is 0 Å². The molecule has 0 aliphatic heterocycles. The van der Waals surface area contributed by atoms with Crippen molar-refractivity contribution in [3.63, 3.8) is 0 Å². The highest BCUT2D eigenvalue weighted by molar-refractivity contribution is 6.53. The maximum atomic E-state index is 5.46. The summed E-state index contributed by atoms with van der Waals surface area (Å²) in [7, 11) is 0.621. The Hall–Kier alpha value is 0.0169. The van der Waals surface area contributed by atoms with Crippen molar-refractivity contribution in [2.45, 2.75) is 20.8 Å². The summed E-state index contributed by atoms with van der Waals surface area (Å²) in [6, 6.07) is 0. The van der Waals surface area contributed by atoms with E-state index in [1.807, 2.05) is 20.8 Å². The summed E-state index contributed by atoms with van der Waals surface area (Å²) >= 11 is 0. The molecule has 0 aliphatic carbocycles. The Morgan fingerprint density at radius 2 is 1.21 bits per heavy atom. The van der Waals surface area contributed by atoms with Gasteiger partial charge in [-0.2, -0.15) is 0 Å². The van der Waals surface area contributed by atoms with E-state index in [0.717, 1.165) is 0 Å². The van der Waals surface area contributed by atoms with Gasteiger partial charge in [0.1, 0.15) is 0 Å². The van der Waals surface area contributed by atoms with Crippen LogP contribution in [0.15, 0.2) is 0 Å². The Morgan fingerprint density at radius 3 is 1.43 bits per heavy atom. The quantitative estimate of drug-likeness (QED) is 0.454. The fraction of sp³-hybridized carbons (Fsp3) is 1.00. The van der Waals surface area contributed by atoms with Gasteiger partial charge in [-0.15, -0.1) is 0 Å². The van der Waals surface area contributed by atoms with Crippen LogP contribution in [0.2, 0.25) is 0 Å². The third-order valence-electron chi connectivity index (χ3n) is 1.26. The number of rotatable bonds is 8. The summed E-state index contributed by atoms with van der Waals surface area (Å²) < 4.78 is 21.8. The van der Waals surface area contributed by atoms with Gasteiger partial charge in [-0.1, -0.05) is 0 Å². The molecule has 0 fully saturated rings. The summed E-state index contributed by atoms with van der Waals surface area (Å²) in [4.78, 5) is 0. The van der Waals surface area contributed by atoms with Crippen LogP contribution in [0.1, 0.15) is 20.8 Å². The third kappa shape index (κ3) is 5.04. The Balaban J connectivity index is 4.37. The molecule has 0 N–H and O–H groups in total. The van der Waals surface area contributed by atoms with Crippen LogP contribution in [-0.2, 0) is 17.8 Å². The number of hydrogen-bond acceptors (Lipinski definition) is 5. The molecule has 0 atom stereocenters. The zero-order valence-corrected chi connectivity index (χ0v) is 10.7. The van der Waals surface area contributed by atoms with Gasteiger partial charge in [-0.05, 0) is 20.8 Å². The molecule has 14 heavy (non-hydrogen) atoms. The van der Waals surface area contributed by atoms with Gasteiger partial charge in [-0.3, -0.25) is 4.53 Å². The standard InChI is InChI=1S/C8H21NO4Si/c1-6-10-14(11-7-2,12-8-3)13-9(4)5/h6-8H2,1-5H3. The van der Waals surface area contributed by atoms with E-state index >= 15 is 0 Å². The molecule has 0 saturated heterocycles. The molecule has 0 spiro atoms. The fourth-order valence-corrected chi connectivity index (χ4v) is 2.87. The van der Waals surface area contributed by atoms with Gasteiger partial charge in [-0.25, -0.2) is 5.06 Å². The van der Waals surface area contributed by atoms with Crippen molar-refractivity contribution in [2.75, 3.05) is 33.9 Å². The highest BCUT2D eigenvalue weighted by Gasteiger charge is 2.46. The van der Waals surface area contributed by atoms with Gasteiger partial charge in [0.15, 0.2) is 0 Å². The average Bonchev–Trinajstić information content (AvgIpc) is 2.03. The van der Waals surface area contributed by atoms with E-state index in [2.05, 4.69) is 0 Å². The fourth-order valence-electron chi connectivity index (χ4n) is 0.958. The van der Waals surface area contributed by atoms with Crippen LogP contribution in [0, 0.1) is 0 Å². The van der Waals surface area contributed by atoms with Crippen LogP contribution >= 0.6 is 0 Å². The van der Waals surface area contributed by atoms with Gasteiger partial charge in [0, 0.05) is 33.9 Å². The highest BCUT2D eigenvalue weighted by Crippen LogP contribution is 2.12. The summed E-state index contributed by atoms with van der Waals surface area (Å²) in [5.74, 6) is 0. The molecule has 0 radical (unpaired) electrons. The highest BCUT2D eigenvalue weighted by atomic mass is 28.4. The minimum absolute atomic E-state index is 0.514. The first kappa shape index (κ1) is 14.0. The smallest absolute Gasteiger partial charge is 0.351 e. The molecule has 5 nitrogen and oxygen atoms in total. The van der Waals surface area contributed by atoms with Gasteiger partial charge in [0.05, 0.1) is 0 Å². The third-order valence-corrected chi connectivity index (χ3v) is 3.77. The molecule has 0 aromatic carbocycles. The molecule has 6 heteroatoms. The molecule has 86 valence electrons. The Kier molecular flexibility index (Phi) is 7.34. The molecule has 0 rings (SSSR count). The summed E-state index contributed by atoms with van der Waals surface area (Å²) in [5, 5.41) is 1.55. The molecule has 0 bridgehead atoms. The van der Waals surface area contributed by atoms with Gasteiger partial charge >= 0.3 is 9.05 Å². The van der Waals surface area contributed by atoms with Crippen molar-refractivity contribution >= 4 is 9.05 Å². The first-order chi connectivity index (χ1) is 6.60. The van der Waals surface area contributed by atoms with Crippen LogP contribution in [0.25, 0.3) is 0 Å². The largest absolute Gasteiger partial charge is 0.697 e. The molecule has 0 aromatic heterocycles. The molecular formula is C8H21NO4Si. The van der Waals surface area contributed by atoms with E-state index in [4.69, 9.17) is 17.8 Å². The van der Waals surface area contributed by atoms with E-state index in [-0.39, 0.29) is 0 Å². The second kappa shape index (κ2) is 7.33. The van der Waals surface area contributed by atoms with Crippen LogP contribution < -0.4 is 0 Å². The topological polar surface area (TPSA) is 40.2 Å².